The number of hydrogen-bond acceptors (Lipinski definition) is 4. The summed E-state index contributed by atoms with van der Waals surface area (Å²) >= 11 is 11.9. The molecule has 1 aliphatic rings. The monoisotopic (exact) mass is 406 g/mol. The van der Waals surface area contributed by atoms with Crippen molar-refractivity contribution in [3.8, 4) is 0 Å². The van der Waals surface area contributed by atoms with E-state index in [4.69, 9.17) is 27.9 Å². The highest BCUT2D eigenvalue weighted by molar-refractivity contribution is 6.44. The third kappa shape index (κ3) is 4.40. The fourth-order valence-electron chi connectivity index (χ4n) is 2.78. The smallest absolute Gasteiger partial charge is 0.340 e. The number of carbonyl (C=O) groups excluding carboxylic acids is 3. The second kappa shape index (κ2) is 8.41. The van der Waals surface area contributed by atoms with Gasteiger partial charge in [-0.2, -0.15) is 0 Å². The molecule has 0 aliphatic carbocycles. The second-order valence-corrected chi connectivity index (χ2v) is 6.68. The molecule has 0 radical (unpaired) electrons. The minimum Gasteiger partial charge on any atom is -0.452 e. The van der Waals surface area contributed by atoms with E-state index in [0.717, 1.165) is 6.42 Å². The molecule has 2 amide bonds. The SMILES string of the molecule is O=C(COC(=O)c1ccccc1N1CCCC1=O)Nc1cccc(Cl)c1Cl. The van der Waals surface area contributed by atoms with Crippen LogP contribution in [0.5, 0.6) is 0 Å². The molecule has 0 spiro atoms. The lowest BCUT2D eigenvalue weighted by Gasteiger charge is -2.18. The zero-order chi connectivity index (χ0) is 19.4. The van der Waals surface area contributed by atoms with Crippen LogP contribution in [-0.2, 0) is 14.3 Å². The quantitative estimate of drug-likeness (QED) is 0.763. The molecule has 0 atom stereocenters. The third-order valence-corrected chi connectivity index (χ3v) is 4.87. The number of anilines is 2. The van der Waals surface area contributed by atoms with Crippen LogP contribution in [0.25, 0.3) is 0 Å². The van der Waals surface area contributed by atoms with Crippen LogP contribution in [0.3, 0.4) is 0 Å². The first kappa shape index (κ1) is 19.2. The summed E-state index contributed by atoms with van der Waals surface area (Å²) in [5.41, 5.74) is 1.05. The Balaban J connectivity index is 1.65. The largest absolute Gasteiger partial charge is 0.452 e. The predicted octanol–water partition coefficient (Wildman–Crippen LogP) is 3.92. The van der Waals surface area contributed by atoms with Gasteiger partial charge < -0.3 is 15.0 Å². The number of nitrogens with one attached hydrogen (secondary N) is 1. The van der Waals surface area contributed by atoms with E-state index in [2.05, 4.69) is 5.32 Å². The number of esters is 1. The molecule has 1 aliphatic heterocycles. The molecule has 27 heavy (non-hydrogen) atoms. The number of halogens is 2. The average molecular weight is 407 g/mol. The van der Waals surface area contributed by atoms with Crippen molar-refractivity contribution < 1.29 is 19.1 Å². The minimum atomic E-state index is -0.683. The lowest BCUT2D eigenvalue weighted by atomic mass is 10.1. The molecule has 8 heteroatoms. The van der Waals surface area contributed by atoms with Gasteiger partial charge in [0.1, 0.15) is 0 Å². The van der Waals surface area contributed by atoms with Crippen LogP contribution in [0, 0.1) is 0 Å². The summed E-state index contributed by atoms with van der Waals surface area (Å²) in [5, 5.41) is 3.04. The predicted molar refractivity (Wildman–Crippen MR) is 103 cm³/mol. The normalized spacial score (nSPS) is 13.6. The minimum absolute atomic E-state index is 0.0383. The number of nitrogens with zero attached hydrogens (tertiary/aromatic N) is 1. The molecule has 0 saturated carbocycles. The molecular weight excluding hydrogens is 391 g/mol. The van der Waals surface area contributed by atoms with Gasteiger partial charge in [-0.25, -0.2) is 4.79 Å². The lowest BCUT2D eigenvalue weighted by molar-refractivity contribution is -0.119. The van der Waals surface area contributed by atoms with Gasteiger partial charge in [0.25, 0.3) is 5.91 Å². The fraction of sp³-hybridized carbons (Fsp3) is 0.211. The van der Waals surface area contributed by atoms with E-state index >= 15 is 0 Å². The van der Waals surface area contributed by atoms with Crippen molar-refractivity contribution in [3.05, 3.63) is 58.1 Å². The summed E-state index contributed by atoms with van der Waals surface area (Å²) in [6.45, 7) is 0.0564. The maximum atomic E-state index is 12.4. The van der Waals surface area contributed by atoms with Crippen molar-refractivity contribution in [2.75, 3.05) is 23.4 Å². The molecule has 3 rings (SSSR count). The Kier molecular flexibility index (Phi) is 5.98. The van der Waals surface area contributed by atoms with Crippen LogP contribution in [0.2, 0.25) is 10.0 Å². The number of benzene rings is 2. The average Bonchev–Trinajstić information content (AvgIpc) is 3.09. The number of hydrogen-bond donors (Lipinski definition) is 1. The standard InChI is InChI=1S/C19H16Cl2N2O4/c20-13-6-3-7-14(18(13)21)22-16(24)11-27-19(26)12-5-1-2-8-15(12)23-10-4-9-17(23)25/h1-3,5-8H,4,9-11H2,(H,22,24). The number of rotatable bonds is 5. The first-order valence-corrected chi connectivity index (χ1v) is 9.03. The Morgan fingerprint density at radius 2 is 1.89 bits per heavy atom. The molecule has 140 valence electrons. The maximum Gasteiger partial charge on any atom is 0.340 e. The summed E-state index contributed by atoms with van der Waals surface area (Å²) in [5.74, 6) is -1.27. The molecule has 0 unspecified atom stereocenters. The first-order valence-electron chi connectivity index (χ1n) is 8.28. The molecule has 1 fully saturated rings. The molecular formula is C19H16Cl2N2O4. The van der Waals surface area contributed by atoms with Crippen molar-refractivity contribution >= 4 is 52.4 Å². The topological polar surface area (TPSA) is 75.7 Å². The highest BCUT2D eigenvalue weighted by Crippen LogP contribution is 2.29. The molecule has 1 saturated heterocycles. The molecule has 1 heterocycles. The van der Waals surface area contributed by atoms with Crippen molar-refractivity contribution in [1.29, 1.82) is 0 Å². The van der Waals surface area contributed by atoms with Crippen molar-refractivity contribution in [2.24, 2.45) is 0 Å². The van der Waals surface area contributed by atoms with Gasteiger partial charge in [0.05, 0.1) is 27.0 Å². The maximum absolute atomic E-state index is 12.4. The Bertz CT molecular complexity index is 901. The van der Waals surface area contributed by atoms with Gasteiger partial charge in [-0.15, -0.1) is 0 Å². The van der Waals surface area contributed by atoms with Crippen LogP contribution in [0.1, 0.15) is 23.2 Å². The Hall–Kier alpha value is -2.57. The summed E-state index contributed by atoms with van der Waals surface area (Å²) in [7, 11) is 0. The van der Waals surface area contributed by atoms with Crippen LogP contribution in [0.4, 0.5) is 11.4 Å². The van der Waals surface area contributed by atoms with Crippen LogP contribution < -0.4 is 10.2 Å². The highest BCUT2D eigenvalue weighted by Gasteiger charge is 2.26. The van der Waals surface area contributed by atoms with Gasteiger partial charge in [-0.05, 0) is 30.7 Å². The zero-order valence-corrected chi connectivity index (χ0v) is 15.7. The van der Waals surface area contributed by atoms with Crippen LogP contribution >= 0.6 is 23.2 Å². The lowest BCUT2D eigenvalue weighted by Crippen LogP contribution is -2.27. The van der Waals surface area contributed by atoms with Gasteiger partial charge in [0, 0.05) is 13.0 Å². The van der Waals surface area contributed by atoms with Gasteiger partial charge >= 0.3 is 5.97 Å². The van der Waals surface area contributed by atoms with E-state index in [1.807, 2.05) is 0 Å². The molecule has 2 aromatic rings. The van der Waals surface area contributed by atoms with E-state index < -0.39 is 18.5 Å². The van der Waals surface area contributed by atoms with Gasteiger partial charge in [0.2, 0.25) is 5.91 Å². The van der Waals surface area contributed by atoms with E-state index in [0.29, 0.717) is 29.4 Å². The molecule has 0 aromatic heterocycles. The van der Waals surface area contributed by atoms with Gasteiger partial charge in [-0.3, -0.25) is 9.59 Å². The number of amides is 2. The number of para-hydroxylation sites is 1. The summed E-state index contributed by atoms with van der Waals surface area (Å²) in [4.78, 5) is 38.0. The number of ether oxygens (including phenoxy) is 1. The van der Waals surface area contributed by atoms with Crippen molar-refractivity contribution in [1.82, 2.24) is 0 Å². The first-order chi connectivity index (χ1) is 13.0. The Morgan fingerprint density at radius 3 is 2.63 bits per heavy atom. The summed E-state index contributed by atoms with van der Waals surface area (Å²) in [6, 6.07) is 11.5. The summed E-state index contributed by atoms with van der Waals surface area (Å²) in [6.07, 6.45) is 1.19. The van der Waals surface area contributed by atoms with Crippen LogP contribution in [-0.4, -0.2) is 30.9 Å². The molecule has 1 N–H and O–H groups in total. The van der Waals surface area contributed by atoms with Gasteiger partial charge in [0.15, 0.2) is 6.61 Å². The van der Waals surface area contributed by atoms with E-state index in [-0.39, 0.29) is 16.5 Å². The van der Waals surface area contributed by atoms with E-state index in [9.17, 15) is 14.4 Å². The Morgan fingerprint density at radius 1 is 1.11 bits per heavy atom. The zero-order valence-electron chi connectivity index (χ0n) is 14.2. The third-order valence-electron chi connectivity index (χ3n) is 4.05. The second-order valence-electron chi connectivity index (χ2n) is 5.89. The summed E-state index contributed by atoms with van der Waals surface area (Å²) < 4.78 is 5.10. The number of carbonyl (C=O) groups is 3. The highest BCUT2D eigenvalue weighted by atomic mass is 35.5. The van der Waals surface area contributed by atoms with Crippen molar-refractivity contribution in [3.63, 3.8) is 0 Å². The van der Waals surface area contributed by atoms with Gasteiger partial charge in [-0.1, -0.05) is 41.4 Å². The Labute approximate surface area is 166 Å². The van der Waals surface area contributed by atoms with Crippen LogP contribution in [0.15, 0.2) is 42.5 Å². The fourth-order valence-corrected chi connectivity index (χ4v) is 3.13. The molecule has 0 bridgehead atoms. The molecule has 6 nitrogen and oxygen atoms in total. The van der Waals surface area contributed by atoms with E-state index in [1.165, 1.54) is 0 Å². The van der Waals surface area contributed by atoms with E-state index in [1.54, 1.807) is 47.4 Å². The van der Waals surface area contributed by atoms with Crippen molar-refractivity contribution in [2.45, 2.75) is 12.8 Å². The molecule has 2 aromatic carbocycles.